The minimum Gasteiger partial charge on any atom is -0.338 e. The van der Waals surface area contributed by atoms with E-state index in [-0.39, 0.29) is 23.9 Å². The van der Waals surface area contributed by atoms with Crippen molar-refractivity contribution < 1.29 is 4.79 Å². The van der Waals surface area contributed by atoms with Crippen molar-refractivity contribution in [2.24, 2.45) is 5.73 Å². The third-order valence-electron chi connectivity index (χ3n) is 4.72. The Morgan fingerprint density at radius 2 is 2.12 bits per heavy atom. The highest BCUT2D eigenvalue weighted by molar-refractivity contribution is 5.79. The molecule has 1 atom stereocenters. The molecule has 3 heterocycles. The first kappa shape index (κ1) is 17.3. The van der Waals surface area contributed by atoms with E-state index >= 15 is 0 Å². The molecule has 0 aromatic carbocycles. The molecule has 3 N–H and O–H groups in total. The van der Waals surface area contributed by atoms with Gasteiger partial charge in [-0.25, -0.2) is 4.98 Å². The standard InChI is InChI=1S/C18H23N5O2/c1-12-15(10-16(24)23-9-3-2-4-14(23)11-19)18(25)22-17(21-12)13-5-7-20-8-6-13/h5-8,14H,2-4,9-11,19H2,1H3,(H,21,22,25). The van der Waals surface area contributed by atoms with Crippen molar-refractivity contribution in [1.29, 1.82) is 0 Å². The molecule has 7 heteroatoms. The van der Waals surface area contributed by atoms with Gasteiger partial charge in [-0.05, 0) is 38.3 Å². The van der Waals surface area contributed by atoms with Crippen LogP contribution in [-0.4, -0.2) is 44.9 Å². The number of aryl methyl sites for hydroxylation is 1. The number of pyridine rings is 1. The Hall–Kier alpha value is -2.54. The summed E-state index contributed by atoms with van der Waals surface area (Å²) in [5.74, 6) is 0.432. The molecule has 132 valence electrons. The summed E-state index contributed by atoms with van der Waals surface area (Å²) in [5, 5.41) is 0. The van der Waals surface area contributed by atoms with Crippen LogP contribution in [0.5, 0.6) is 0 Å². The van der Waals surface area contributed by atoms with E-state index in [0.29, 0.717) is 30.2 Å². The number of aromatic nitrogens is 3. The summed E-state index contributed by atoms with van der Waals surface area (Å²) < 4.78 is 0. The number of H-pyrrole nitrogens is 1. The lowest BCUT2D eigenvalue weighted by Crippen LogP contribution is -2.48. The minimum absolute atomic E-state index is 0.0535. The largest absolute Gasteiger partial charge is 0.338 e. The molecule has 0 aliphatic carbocycles. The van der Waals surface area contributed by atoms with Gasteiger partial charge in [0.05, 0.1) is 6.42 Å². The zero-order valence-electron chi connectivity index (χ0n) is 14.4. The quantitative estimate of drug-likeness (QED) is 0.864. The predicted octanol–water partition coefficient (Wildman–Crippen LogP) is 1.02. The van der Waals surface area contributed by atoms with Crippen LogP contribution in [0.4, 0.5) is 0 Å². The molecule has 7 nitrogen and oxygen atoms in total. The number of rotatable bonds is 4. The maximum absolute atomic E-state index is 12.7. The zero-order valence-corrected chi connectivity index (χ0v) is 14.4. The smallest absolute Gasteiger partial charge is 0.255 e. The van der Waals surface area contributed by atoms with Crippen molar-refractivity contribution >= 4 is 5.91 Å². The molecule has 2 aromatic rings. The average Bonchev–Trinajstić information content (AvgIpc) is 2.65. The van der Waals surface area contributed by atoms with Crippen LogP contribution in [0.3, 0.4) is 0 Å². The Bertz CT molecular complexity index is 803. The number of hydrogen-bond donors (Lipinski definition) is 2. The molecule has 0 spiro atoms. The summed E-state index contributed by atoms with van der Waals surface area (Å²) in [6.45, 7) is 2.93. The molecule has 1 unspecified atom stereocenters. The van der Waals surface area contributed by atoms with Crippen molar-refractivity contribution in [2.75, 3.05) is 13.1 Å². The zero-order chi connectivity index (χ0) is 17.8. The molecular weight excluding hydrogens is 318 g/mol. The van der Waals surface area contributed by atoms with Gasteiger partial charge in [0.2, 0.25) is 5.91 Å². The topological polar surface area (TPSA) is 105 Å². The predicted molar refractivity (Wildman–Crippen MR) is 94.9 cm³/mol. The Morgan fingerprint density at radius 1 is 1.36 bits per heavy atom. The van der Waals surface area contributed by atoms with Crippen LogP contribution in [0.1, 0.15) is 30.5 Å². The van der Waals surface area contributed by atoms with Gasteiger partial charge in [-0.1, -0.05) is 0 Å². The summed E-state index contributed by atoms with van der Waals surface area (Å²) in [6.07, 6.45) is 6.35. The fourth-order valence-electron chi connectivity index (χ4n) is 3.29. The number of nitrogens with zero attached hydrogens (tertiary/aromatic N) is 3. The molecule has 1 amide bonds. The van der Waals surface area contributed by atoms with Gasteiger partial charge < -0.3 is 15.6 Å². The Labute approximate surface area is 146 Å². The van der Waals surface area contributed by atoms with Crippen molar-refractivity contribution in [3.05, 3.63) is 46.1 Å². The lowest BCUT2D eigenvalue weighted by molar-refractivity contribution is -0.133. The van der Waals surface area contributed by atoms with Crippen LogP contribution in [0.15, 0.2) is 29.3 Å². The average molecular weight is 341 g/mol. The van der Waals surface area contributed by atoms with Crippen molar-refractivity contribution in [3.8, 4) is 11.4 Å². The van der Waals surface area contributed by atoms with E-state index in [1.54, 1.807) is 31.5 Å². The Balaban J connectivity index is 1.83. The van der Waals surface area contributed by atoms with Gasteiger partial charge in [0.25, 0.3) is 5.56 Å². The van der Waals surface area contributed by atoms with Crippen LogP contribution < -0.4 is 11.3 Å². The van der Waals surface area contributed by atoms with E-state index in [1.165, 1.54) is 0 Å². The molecule has 0 bridgehead atoms. The lowest BCUT2D eigenvalue weighted by atomic mass is 10.0. The summed E-state index contributed by atoms with van der Waals surface area (Å²) in [7, 11) is 0. The summed E-state index contributed by atoms with van der Waals surface area (Å²) in [5.41, 5.74) is 7.30. The maximum atomic E-state index is 12.7. The number of hydrogen-bond acceptors (Lipinski definition) is 5. The first-order valence-electron chi connectivity index (χ1n) is 8.60. The highest BCUT2D eigenvalue weighted by atomic mass is 16.2. The summed E-state index contributed by atoms with van der Waals surface area (Å²) in [4.78, 5) is 38.2. The number of aromatic amines is 1. The second-order valence-corrected chi connectivity index (χ2v) is 6.36. The van der Waals surface area contributed by atoms with E-state index in [9.17, 15) is 9.59 Å². The SMILES string of the molecule is Cc1nc(-c2ccncc2)[nH]c(=O)c1CC(=O)N1CCCCC1CN. The fraction of sp³-hybridized carbons (Fsp3) is 0.444. The normalized spacial score (nSPS) is 17.5. The first-order chi connectivity index (χ1) is 12.1. The molecule has 3 rings (SSSR count). The number of likely N-dealkylation sites (tertiary alicyclic amines) is 1. The van der Waals surface area contributed by atoms with E-state index in [1.807, 2.05) is 4.90 Å². The third kappa shape index (κ3) is 3.76. The highest BCUT2D eigenvalue weighted by Gasteiger charge is 2.26. The van der Waals surface area contributed by atoms with Crippen LogP contribution in [0.2, 0.25) is 0 Å². The first-order valence-corrected chi connectivity index (χ1v) is 8.60. The minimum atomic E-state index is -0.269. The van der Waals surface area contributed by atoms with Crippen molar-refractivity contribution in [1.82, 2.24) is 19.9 Å². The fourth-order valence-corrected chi connectivity index (χ4v) is 3.29. The molecule has 1 fully saturated rings. The number of carbonyl (C=O) groups excluding carboxylic acids is 1. The molecule has 0 saturated carbocycles. The Morgan fingerprint density at radius 3 is 2.80 bits per heavy atom. The molecule has 2 aromatic heterocycles. The van der Waals surface area contributed by atoms with Gasteiger partial charge in [-0.2, -0.15) is 0 Å². The summed E-state index contributed by atoms with van der Waals surface area (Å²) in [6, 6.07) is 3.63. The van der Waals surface area contributed by atoms with Gasteiger partial charge in [-0.15, -0.1) is 0 Å². The van der Waals surface area contributed by atoms with Crippen LogP contribution in [0, 0.1) is 6.92 Å². The molecule has 0 radical (unpaired) electrons. The van der Waals surface area contributed by atoms with E-state index in [4.69, 9.17) is 5.73 Å². The van der Waals surface area contributed by atoms with Crippen molar-refractivity contribution in [3.63, 3.8) is 0 Å². The van der Waals surface area contributed by atoms with Crippen LogP contribution in [0.25, 0.3) is 11.4 Å². The number of nitrogens with two attached hydrogens (primary N) is 1. The van der Waals surface area contributed by atoms with Gasteiger partial charge in [0, 0.05) is 48.3 Å². The molecular formula is C18H23N5O2. The number of carbonyl (C=O) groups is 1. The second kappa shape index (κ2) is 7.57. The number of nitrogens with one attached hydrogen (secondary N) is 1. The van der Waals surface area contributed by atoms with Crippen LogP contribution >= 0.6 is 0 Å². The van der Waals surface area contributed by atoms with E-state index < -0.39 is 0 Å². The Kier molecular flexibility index (Phi) is 5.23. The lowest BCUT2D eigenvalue weighted by Gasteiger charge is -2.35. The van der Waals surface area contributed by atoms with Crippen molar-refractivity contribution in [2.45, 2.75) is 38.6 Å². The number of piperidine rings is 1. The van der Waals surface area contributed by atoms with Gasteiger partial charge in [-0.3, -0.25) is 14.6 Å². The number of amides is 1. The molecule has 25 heavy (non-hydrogen) atoms. The van der Waals surface area contributed by atoms with Gasteiger partial charge in [0.15, 0.2) is 0 Å². The third-order valence-corrected chi connectivity index (χ3v) is 4.72. The van der Waals surface area contributed by atoms with Crippen LogP contribution in [-0.2, 0) is 11.2 Å². The summed E-state index contributed by atoms with van der Waals surface area (Å²) >= 11 is 0. The monoisotopic (exact) mass is 341 g/mol. The molecule has 1 saturated heterocycles. The van der Waals surface area contributed by atoms with E-state index in [0.717, 1.165) is 24.8 Å². The molecule has 1 aliphatic rings. The van der Waals surface area contributed by atoms with Gasteiger partial charge >= 0.3 is 0 Å². The highest BCUT2D eigenvalue weighted by Crippen LogP contribution is 2.18. The maximum Gasteiger partial charge on any atom is 0.255 e. The second-order valence-electron chi connectivity index (χ2n) is 6.36. The molecule has 1 aliphatic heterocycles. The van der Waals surface area contributed by atoms with E-state index in [2.05, 4.69) is 15.0 Å². The van der Waals surface area contributed by atoms with Gasteiger partial charge in [0.1, 0.15) is 5.82 Å².